The van der Waals surface area contributed by atoms with E-state index in [1.807, 2.05) is 17.5 Å². The van der Waals surface area contributed by atoms with Crippen LogP contribution in [0.5, 0.6) is 0 Å². The van der Waals surface area contributed by atoms with Crippen molar-refractivity contribution in [3.63, 3.8) is 0 Å². The molecule has 0 radical (unpaired) electrons. The molecule has 0 amide bonds. The number of sulfonamides is 1. The van der Waals surface area contributed by atoms with Gasteiger partial charge in [0.15, 0.2) is 0 Å². The van der Waals surface area contributed by atoms with Crippen molar-refractivity contribution in [2.75, 3.05) is 7.05 Å². The summed E-state index contributed by atoms with van der Waals surface area (Å²) >= 11 is 2.85. The maximum absolute atomic E-state index is 12.5. The van der Waals surface area contributed by atoms with Crippen molar-refractivity contribution in [3.8, 4) is 0 Å². The van der Waals surface area contributed by atoms with Crippen LogP contribution in [-0.2, 0) is 23.2 Å². The second-order valence-corrected chi connectivity index (χ2v) is 8.52. The fourth-order valence-electron chi connectivity index (χ4n) is 1.73. The zero-order valence-electron chi connectivity index (χ0n) is 10.7. The molecule has 0 aliphatic heterocycles. The highest BCUT2D eigenvalue weighted by molar-refractivity contribution is 7.89. The van der Waals surface area contributed by atoms with Crippen LogP contribution in [0, 0.1) is 6.92 Å². The van der Waals surface area contributed by atoms with E-state index < -0.39 is 10.0 Å². The van der Waals surface area contributed by atoms with E-state index in [2.05, 4.69) is 0 Å². The first kappa shape index (κ1) is 14.7. The molecule has 2 aromatic heterocycles. The Kier molecular flexibility index (Phi) is 4.42. The lowest BCUT2D eigenvalue weighted by atomic mass is 10.4. The van der Waals surface area contributed by atoms with E-state index >= 15 is 0 Å². The van der Waals surface area contributed by atoms with Crippen molar-refractivity contribution in [2.45, 2.75) is 25.0 Å². The third-order valence-electron chi connectivity index (χ3n) is 2.73. The van der Waals surface area contributed by atoms with Crippen molar-refractivity contribution >= 4 is 32.7 Å². The third kappa shape index (κ3) is 3.06. The average molecular weight is 317 g/mol. The predicted molar refractivity (Wildman–Crippen MR) is 78.0 cm³/mol. The molecule has 104 valence electrons. The Hall–Kier alpha value is -0.730. The van der Waals surface area contributed by atoms with Gasteiger partial charge in [0.1, 0.15) is 0 Å². The lowest BCUT2D eigenvalue weighted by Gasteiger charge is -2.16. The molecule has 0 fully saturated rings. The predicted octanol–water partition coefficient (Wildman–Crippen LogP) is 2.43. The first-order valence-corrected chi connectivity index (χ1v) is 8.77. The van der Waals surface area contributed by atoms with Gasteiger partial charge >= 0.3 is 0 Å². The molecule has 2 aromatic rings. The SMILES string of the molecule is Cc1sc(CO)cc1S(=O)(=O)N(C)Cc1cccs1. The molecule has 0 aliphatic carbocycles. The monoisotopic (exact) mass is 317 g/mol. The van der Waals surface area contributed by atoms with Crippen molar-refractivity contribution in [2.24, 2.45) is 0 Å². The van der Waals surface area contributed by atoms with E-state index in [1.165, 1.54) is 27.0 Å². The van der Waals surface area contributed by atoms with Crippen LogP contribution in [0.1, 0.15) is 14.6 Å². The molecule has 2 rings (SSSR count). The summed E-state index contributed by atoms with van der Waals surface area (Å²) in [6.07, 6.45) is 0. The lowest BCUT2D eigenvalue weighted by molar-refractivity contribution is 0.285. The molecule has 1 N–H and O–H groups in total. The van der Waals surface area contributed by atoms with Gasteiger partial charge in [-0.3, -0.25) is 0 Å². The highest BCUT2D eigenvalue weighted by Gasteiger charge is 2.25. The summed E-state index contributed by atoms with van der Waals surface area (Å²) < 4.78 is 26.3. The van der Waals surface area contributed by atoms with Gasteiger partial charge < -0.3 is 5.11 Å². The number of nitrogens with zero attached hydrogens (tertiary/aromatic N) is 1. The number of aryl methyl sites for hydroxylation is 1. The topological polar surface area (TPSA) is 57.6 Å². The van der Waals surface area contributed by atoms with Gasteiger partial charge in [0.2, 0.25) is 10.0 Å². The second-order valence-electron chi connectivity index (χ2n) is 4.13. The van der Waals surface area contributed by atoms with Gasteiger partial charge in [-0.2, -0.15) is 4.31 Å². The minimum atomic E-state index is -3.50. The molecule has 2 heterocycles. The van der Waals surface area contributed by atoms with Crippen molar-refractivity contribution in [1.82, 2.24) is 4.31 Å². The molecule has 4 nitrogen and oxygen atoms in total. The van der Waals surface area contributed by atoms with Gasteiger partial charge in [-0.15, -0.1) is 22.7 Å². The third-order valence-corrected chi connectivity index (χ3v) is 6.68. The fourth-order valence-corrected chi connectivity index (χ4v) is 5.18. The average Bonchev–Trinajstić information content (AvgIpc) is 2.98. The molecule has 0 aliphatic rings. The normalized spacial score (nSPS) is 12.2. The van der Waals surface area contributed by atoms with E-state index in [9.17, 15) is 8.42 Å². The van der Waals surface area contributed by atoms with E-state index in [0.717, 1.165) is 4.88 Å². The summed E-state index contributed by atoms with van der Waals surface area (Å²) in [4.78, 5) is 2.67. The highest BCUT2D eigenvalue weighted by atomic mass is 32.2. The van der Waals surface area contributed by atoms with Crippen molar-refractivity contribution in [1.29, 1.82) is 0 Å². The molecular formula is C12H15NO3S3. The van der Waals surface area contributed by atoms with Gasteiger partial charge in [-0.05, 0) is 24.4 Å². The van der Waals surface area contributed by atoms with Crippen molar-refractivity contribution in [3.05, 3.63) is 38.2 Å². The Bertz CT molecular complexity index is 644. The summed E-state index contributed by atoms with van der Waals surface area (Å²) in [7, 11) is -1.92. The molecule has 0 atom stereocenters. The molecule has 0 spiro atoms. The maximum atomic E-state index is 12.5. The molecule has 0 saturated heterocycles. The summed E-state index contributed by atoms with van der Waals surface area (Å²) in [6, 6.07) is 5.37. The standard InChI is InChI=1S/C12H15NO3S3/c1-9-12(6-11(8-14)18-9)19(15,16)13(2)7-10-4-3-5-17-10/h3-6,14H,7-8H2,1-2H3. The molecule has 0 saturated carbocycles. The molecule has 19 heavy (non-hydrogen) atoms. The number of hydrogen-bond acceptors (Lipinski definition) is 5. The van der Waals surface area contributed by atoms with Crippen LogP contribution in [0.2, 0.25) is 0 Å². The van der Waals surface area contributed by atoms with E-state index in [4.69, 9.17) is 5.11 Å². The summed E-state index contributed by atoms with van der Waals surface area (Å²) in [5.74, 6) is 0. The Morgan fingerprint density at radius 2 is 2.11 bits per heavy atom. The molecule has 7 heteroatoms. The number of thiophene rings is 2. The van der Waals surface area contributed by atoms with Crippen LogP contribution >= 0.6 is 22.7 Å². The van der Waals surface area contributed by atoms with Gasteiger partial charge in [0.05, 0.1) is 11.5 Å². The number of rotatable bonds is 5. The van der Waals surface area contributed by atoms with Gasteiger partial charge in [-0.1, -0.05) is 6.07 Å². The smallest absolute Gasteiger partial charge is 0.244 e. The van der Waals surface area contributed by atoms with Gasteiger partial charge in [0.25, 0.3) is 0 Å². The largest absolute Gasteiger partial charge is 0.391 e. The van der Waals surface area contributed by atoms with Crippen LogP contribution in [-0.4, -0.2) is 24.9 Å². The fraction of sp³-hybridized carbons (Fsp3) is 0.333. The summed E-state index contributed by atoms with van der Waals surface area (Å²) in [5, 5.41) is 11.0. The number of aliphatic hydroxyl groups is 1. The van der Waals surface area contributed by atoms with Gasteiger partial charge in [0, 0.05) is 28.2 Å². The maximum Gasteiger partial charge on any atom is 0.244 e. The molecule has 0 aromatic carbocycles. The Labute approximate surface area is 121 Å². The zero-order valence-corrected chi connectivity index (χ0v) is 13.1. The van der Waals surface area contributed by atoms with Crippen LogP contribution in [0.15, 0.2) is 28.5 Å². The summed E-state index contributed by atoms with van der Waals surface area (Å²) in [5.41, 5.74) is 0. The van der Waals surface area contributed by atoms with Crippen LogP contribution in [0.4, 0.5) is 0 Å². The first-order chi connectivity index (χ1) is 8.95. The Balaban J connectivity index is 2.28. The van der Waals surface area contributed by atoms with Crippen molar-refractivity contribution < 1.29 is 13.5 Å². The molecule has 0 unspecified atom stereocenters. The highest BCUT2D eigenvalue weighted by Crippen LogP contribution is 2.28. The van der Waals surface area contributed by atoms with E-state index in [1.54, 1.807) is 20.0 Å². The molecular weight excluding hydrogens is 302 g/mol. The quantitative estimate of drug-likeness (QED) is 0.921. The number of hydrogen-bond donors (Lipinski definition) is 1. The minimum Gasteiger partial charge on any atom is -0.391 e. The van der Waals surface area contributed by atoms with Crippen LogP contribution in [0.3, 0.4) is 0 Å². The lowest BCUT2D eigenvalue weighted by Crippen LogP contribution is -2.26. The van der Waals surface area contributed by atoms with E-state index in [-0.39, 0.29) is 6.61 Å². The number of aliphatic hydroxyl groups excluding tert-OH is 1. The Morgan fingerprint density at radius 3 is 2.63 bits per heavy atom. The van der Waals surface area contributed by atoms with E-state index in [0.29, 0.717) is 21.2 Å². The van der Waals surface area contributed by atoms with Gasteiger partial charge in [-0.25, -0.2) is 8.42 Å². The molecule has 0 bridgehead atoms. The minimum absolute atomic E-state index is 0.129. The van der Waals surface area contributed by atoms with Crippen LogP contribution < -0.4 is 0 Å². The van der Waals surface area contributed by atoms with Crippen LogP contribution in [0.25, 0.3) is 0 Å². The first-order valence-electron chi connectivity index (χ1n) is 5.64. The Morgan fingerprint density at radius 1 is 1.37 bits per heavy atom. The zero-order chi connectivity index (χ0) is 14.0. The second kappa shape index (κ2) is 5.72. The summed E-state index contributed by atoms with van der Waals surface area (Å²) in [6.45, 7) is 2.00.